The predicted octanol–water partition coefficient (Wildman–Crippen LogP) is 3.23. The molecule has 0 saturated carbocycles. The van der Waals surface area contributed by atoms with Crippen molar-refractivity contribution in [2.24, 2.45) is 0 Å². The fraction of sp³-hybridized carbons (Fsp3) is 0.475. The van der Waals surface area contributed by atoms with Crippen molar-refractivity contribution in [3.63, 3.8) is 0 Å². The maximum Gasteiger partial charge on any atom is 0.338 e. The third kappa shape index (κ3) is 8.22. The van der Waals surface area contributed by atoms with Crippen molar-refractivity contribution in [3.8, 4) is 0 Å². The van der Waals surface area contributed by atoms with E-state index in [4.69, 9.17) is 0 Å². The van der Waals surface area contributed by atoms with Crippen LogP contribution < -0.4 is 0 Å². The van der Waals surface area contributed by atoms with Crippen LogP contribution in [0.4, 0.5) is 0 Å². The van der Waals surface area contributed by atoms with E-state index in [1.807, 2.05) is 0 Å². The van der Waals surface area contributed by atoms with E-state index in [1.54, 1.807) is 0 Å². The Kier molecular flexibility index (Phi) is 15.6. The quantitative estimate of drug-likeness (QED) is 0.0813. The molecule has 18 nitrogen and oxygen atoms in total. The highest BCUT2D eigenvalue weighted by Gasteiger charge is 2.57. The Morgan fingerprint density at radius 3 is 0.514 bits per heavy atom. The van der Waals surface area contributed by atoms with Crippen molar-refractivity contribution in [1.29, 1.82) is 0 Å². The first-order chi connectivity index (χ1) is 33.3. The topological polar surface area (TPSA) is 355 Å². The second-order valence-corrected chi connectivity index (χ2v) is 34.5. The lowest BCUT2D eigenvalue weighted by Gasteiger charge is -2.32. The standard InChI is InChI=1S/C40H40O18S12/c41-1-35(2-42)59-20-14(21-27(17(32(53)54)26(20)65-35)66-36(3-43,4-44)60-21)13(15-22-28(67-37(5-45,6-46)61-22)18(33(55)56)29-23(15)62-38(7-47,8-48)68-29)16-24-30(69-39(9-49,10-50)63-24)19(34(57)58)31-25(16)64-40(11-51,12-52)70-31/h13,41-52H,1-12H2,(H,53,54)(H,55,56)(H,57,58). The minimum Gasteiger partial charge on any atom is -0.478 e. The van der Waals surface area contributed by atoms with Crippen molar-refractivity contribution >= 4 is 159 Å². The largest absolute Gasteiger partial charge is 0.478 e. The van der Waals surface area contributed by atoms with Gasteiger partial charge in [0.15, 0.2) is 0 Å². The molecule has 30 heteroatoms. The van der Waals surface area contributed by atoms with Gasteiger partial charge in [-0.3, -0.25) is 0 Å². The molecular formula is C40H40O18S12. The molecule has 380 valence electrons. The van der Waals surface area contributed by atoms with Crippen LogP contribution in [0.1, 0.15) is 53.7 Å². The van der Waals surface area contributed by atoms with E-state index in [1.165, 1.54) is 0 Å². The molecule has 0 fully saturated rings. The van der Waals surface area contributed by atoms with Crippen molar-refractivity contribution in [1.82, 2.24) is 0 Å². The third-order valence-electron chi connectivity index (χ3n) is 11.9. The molecule has 15 N–H and O–H groups in total. The van der Waals surface area contributed by atoms with Gasteiger partial charge < -0.3 is 76.6 Å². The number of aliphatic hydroxyl groups excluding tert-OH is 12. The molecule has 0 amide bonds. The molecule has 0 bridgehead atoms. The number of hydrogen-bond donors (Lipinski definition) is 15. The molecule has 0 aromatic heterocycles. The highest BCUT2D eigenvalue weighted by Crippen LogP contribution is 2.75. The van der Waals surface area contributed by atoms with E-state index in [-0.39, 0.29) is 92.1 Å². The molecular weight excluding hydrogens is 1150 g/mol. The number of rotatable bonds is 18. The first-order valence-corrected chi connectivity index (χ1v) is 30.1. The molecule has 70 heavy (non-hydrogen) atoms. The van der Waals surface area contributed by atoms with Crippen LogP contribution in [0, 0.1) is 0 Å². The van der Waals surface area contributed by atoms with Crippen LogP contribution >= 0.6 is 141 Å². The monoisotopic (exact) mass is 1190 g/mol. The molecule has 9 rings (SSSR count). The summed E-state index contributed by atoms with van der Waals surface area (Å²) in [5.74, 6) is -5.77. The SMILES string of the molecule is O=C(O)c1c2c(c(C(c3c4c(c(C(=O)O)c5c3SC(CO)(CO)S5)SC(CO)(CO)S4)c3c4c(c(C(=O)O)c5c3SC(CO)(CO)S5)SC(CO)(CO)S4)c3c1SC(CO)(CO)S3)SC(CO)(CO)S2. The van der Waals surface area contributed by atoms with Crippen LogP contribution in [0.3, 0.4) is 0 Å². The lowest BCUT2D eigenvalue weighted by atomic mass is 9.83. The maximum absolute atomic E-state index is 13.7. The van der Waals surface area contributed by atoms with E-state index < -0.39 is 128 Å². The zero-order chi connectivity index (χ0) is 50.7. The van der Waals surface area contributed by atoms with E-state index in [2.05, 4.69) is 0 Å². The number of hydrogen-bond acceptors (Lipinski definition) is 27. The summed E-state index contributed by atoms with van der Waals surface area (Å²) < 4.78 is -9.26. The van der Waals surface area contributed by atoms with Gasteiger partial charge in [-0.15, -0.1) is 141 Å². The molecule has 6 aliphatic heterocycles. The third-order valence-corrected chi connectivity index (χ3v) is 30.7. The lowest BCUT2D eigenvalue weighted by molar-refractivity contribution is 0.0677. The van der Waals surface area contributed by atoms with E-state index >= 15 is 0 Å². The van der Waals surface area contributed by atoms with Gasteiger partial charge in [0, 0.05) is 64.7 Å². The van der Waals surface area contributed by atoms with Gasteiger partial charge >= 0.3 is 17.9 Å². The van der Waals surface area contributed by atoms with Gasteiger partial charge in [0.2, 0.25) is 0 Å². The molecule has 3 aromatic rings. The summed E-state index contributed by atoms with van der Waals surface area (Å²) >= 11 is 10.7. The molecule has 0 saturated heterocycles. The van der Waals surface area contributed by atoms with Gasteiger partial charge in [-0.25, -0.2) is 14.4 Å². The zero-order valence-electron chi connectivity index (χ0n) is 35.4. The summed E-state index contributed by atoms with van der Waals surface area (Å²) in [5.41, 5.74) is -0.241. The Bertz CT molecular complexity index is 2280. The van der Waals surface area contributed by atoms with Crippen molar-refractivity contribution in [2.75, 3.05) is 79.3 Å². The second-order valence-electron chi connectivity index (χ2n) is 16.3. The Labute approximate surface area is 447 Å². The zero-order valence-corrected chi connectivity index (χ0v) is 45.2. The number of benzene rings is 3. The molecule has 6 aliphatic rings. The molecule has 0 atom stereocenters. The highest BCUT2D eigenvalue weighted by atomic mass is 32.2. The Morgan fingerprint density at radius 2 is 0.400 bits per heavy atom. The van der Waals surface area contributed by atoms with Gasteiger partial charge in [0.05, 0.1) is 96.0 Å². The van der Waals surface area contributed by atoms with Crippen LogP contribution in [0.25, 0.3) is 0 Å². The Morgan fingerprint density at radius 1 is 0.271 bits per heavy atom. The summed E-state index contributed by atoms with van der Waals surface area (Å²) in [6, 6.07) is 0. The summed E-state index contributed by atoms with van der Waals surface area (Å²) in [6.45, 7) is -8.46. The first-order valence-electron chi connectivity index (χ1n) is 20.3. The van der Waals surface area contributed by atoms with Gasteiger partial charge in [0.1, 0.15) is 24.5 Å². The number of aromatic carboxylic acids is 3. The van der Waals surface area contributed by atoms with Crippen LogP contribution in [-0.2, 0) is 0 Å². The molecule has 3 aromatic carbocycles. The van der Waals surface area contributed by atoms with Gasteiger partial charge in [-0.05, 0) is 16.7 Å². The van der Waals surface area contributed by atoms with Crippen molar-refractivity contribution in [2.45, 2.75) is 89.1 Å². The molecule has 0 aliphatic carbocycles. The summed E-state index contributed by atoms with van der Waals surface area (Å²) in [6.07, 6.45) is 0. The van der Waals surface area contributed by atoms with Crippen LogP contribution in [0.5, 0.6) is 0 Å². The van der Waals surface area contributed by atoms with E-state index in [0.29, 0.717) is 0 Å². The van der Waals surface area contributed by atoms with Gasteiger partial charge in [-0.1, -0.05) is 0 Å². The minimum atomic E-state index is -1.54. The number of carboxylic acids is 3. The normalized spacial score (nSPS) is 20.9. The number of aliphatic hydroxyl groups is 12. The number of carboxylic acid groups (broad SMARTS) is 3. The van der Waals surface area contributed by atoms with Crippen LogP contribution in [-0.4, -0.2) is 198 Å². The Hall–Kier alpha value is -0.210. The van der Waals surface area contributed by atoms with Crippen LogP contribution in [0.15, 0.2) is 58.7 Å². The summed E-state index contributed by atoms with van der Waals surface area (Å²) in [7, 11) is 0. The highest BCUT2D eigenvalue weighted by molar-refractivity contribution is 8.23. The molecule has 0 spiro atoms. The first kappa shape index (κ1) is 54.6. The van der Waals surface area contributed by atoms with Crippen molar-refractivity contribution < 1.29 is 91.0 Å². The van der Waals surface area contributed by atoms with E-state index in [9.17, 15) is 91.0 Å². The molecule has 6 heterocycles. The fourth-order valence-corrected chi connectivity index (χ4v) is 26.5. The fourth-order valence-electron chi connectivity index (χ4n) is 8.46. The second kappa shape index (κ2) is 20.0. The van der Waals surface area contributed by atoms with E-state index in [0.717, 1.165) is 141 Å². The van der Waals surface area contributed by atoms with Crippen LogP contribution in [0.2, 0.25) is 0 Å². The average molecular weight is 1190 g/mol. The average Bonchev–Trinajstić information content (AvgIpc) is 4.23. The number of thioether (sulfide) groups is 12. The molecule has 0 radical (unpaired) electrons. The van der Waals surface area contributed by atoms with Gasteiger partial charge in [-0.2, -0.15) is 0 Å². The smallest absolute Gasteiger partial charge is 0.338 e. The number of fused-ring (bicyclic) bond motifs is 6. The Balaban J connectivity index is 1.56. The molecule has 0 unspecified atom stereocenters. The predicted molar refractivity (Wildman–Crippen MR) is 273 cm³/mol. The summed E-state index contributed by atoms with van der Waals surface area (Å²) in [4.78, 5) is 42.3. The maximum atomic E-state index is 13.7. The minimum absolute atomic E-state index is 0.0541. The van der Waals surface area contributed by atoms with Gasteiger partial charge in [0.25, 0.3) is 0 Å². The lowest BCUT2D eigenvalue weighted by Crippen LogP contribution is -2.28. The number of carbonyl (C=O) groups is 3. The summed E-state index contributed by atoms with van der Waals surface area (Å²) in [5, 5.41) is 166. The van der Waals surface area contributed by atoms with Crippen molar-refractivity contribution in [3.05, 3.63) is 33.4 Å².